The lowest BCUT2D eigenvalue weighted by Crippen LogP contribution is -2.72. The second-order valence-corrected chi connectivity index (χ2v) is 9.98. The van der Waals surface area contributed by atoms with E-state index in [1.807, 2.05) is 6.92 Å². The molecule has 0 aromatic heterocycles. The minimum absolute atomic E-state index is 0.0612. The molecule has 1 atom stereocenters. The molecule has 1 aromatic rings. The van der Waals surface area contributed by atoms with Crippen LogP contribution in [0.25, 0.3) is 0 Å². The van der Waals surface area contributed by atoms with Crippen LogP contribution >= 0.6 is 11.6 Å². The van der Waals surface area contributed by atoms with E-state index in [1.54, 1.807) is 28.6 Å². The molecule has 0 amide bonds. The largest absolute Gasteiger partial charge is 0.490 e. The molecule has 2 aliphatic rings. The summed E-state index contributed by atoms with van der Waals surface area (Å²) < 4.78 is 64.5. The fraction of sp³-hybridized carbons (Fsp3) is 0.632. The summed E-state index contributed by atoms with van der Waals surface area (Å²) in [4.78, 5) is 11.4. The first-order valence-electron chi connectivity index (χ1n) is 9.67. The quantitative estimate of drug-likeness (QED) is 0.688. The van der Waals surface area contributed by atoms with E-state index in [4.69, 9.17) is 26.2 Å². The van der Waals surface area contributed by atoms with E-state index < -0.39 is 22.2 Å². The SMILES string of the molecule is CCOCC1CCN(C)C2(C1)CN(S(=O)(=O)c1ccccc1Cl)C2.O=C(O)C(F)(F)F. The van der Waals surface area contributed by atoms with Gasteiger partial charge in [0.1, 0.15) is 4.90 Å². The Labute approximate surface area is 184 Å². The van der Waals surface area contributed by atoms with Crippen LogP contribution in [-0.4, -0.2) is 80.3 Å². The summed E-state index contributed by atoms with van der Waals surface area (Å²) in [7, 11) is -1.43. The predicted octanol–water partition coefficient (Wildman–Crippen LogP) is 3.09. The fourth-order valence-corrected chi connectivity index (χ4v) is 5.87. The molecular formula is C19H26ClF3N2O5S. The van der Waals surface area contributed by atoms with Crippen molar-refractivity contribution < 1.29 is 36.2 Å². The number of sulfonamides is 1. The summed E-state index contributed by atoms with van der Waals surface area (Å²) in [5.41, 5.74) is -0.0612. The molecule has 176 valence electrons. The molecule has 1 N–H and O–H groups in total. The van der Waals surface area contributed by atoms with E-state index >= 15 is 0 Å². The van der Waals surface area contributed by atoms with Crippen LogP contribution in [0.5, 0.6) is 0 Å². The number of carboxylic acid groups (broad SMARTS) is 1. The first-order chi connectivity index (χ1) is 14.3. The molecule has 0 saturated carbocycles. The van der Waals surface area contributed by atoms with Gasteiger partial charge in [0.25, 0.3) is 0 Å². The summed E-state index contributed by atoms with van der Waals surface area (Å²) in [5.74, 6) is -2.25. The van der Waals surface area contributed by atoms with Gasteiger partial charge in [-0.15, -0.1) is 0 Å². The molecule has 2 aliphatic heterocycles. The van der Waals surface area contributed by atoms with Crippen LogP contribution in [0.1, 0.15) is 19.8 Å². The van der Waals surface area contributed by atoms with Crippen LogP contribution in [0.4, 0.5) is 13.2 Å². The first kappa shape index (κ1) is 25.9. The third-order valence-corrected chi connectivity index (χ3v) is 7.84. The van der Waals surface area contributed by atoms with Crippen molar-refractivity contribution in [1.82, 2.24) is 9.21 Å². The van der Waals surface area contributed by atoms with E-state index in [9.17, 15) is 21.6 Å². The minimum Gasteiger partial charge on any atom is -0.475 e. The third kappa shape index (κ3) is 6.10. The van der Waals surface area contributed by atoms with Crippen molar-refractivity contribution in [1.29, 1.82) is 0 Å². The van der Waals surface area contributed by atoms with Crippen molar-refractivity contribution in [3.8, 4) is 0 Å². The highest BCUT2D eigenvalue weighted by Gasteiger charge is 2.53. The molecule has 0 aliphatic carbocycles. The molecule has 31 heavy (non-hydrogen) atoms. The van der Waals surface area contributed by atoms with E-state index in [2.05, 4.69) is 11.9 Å². The van der Waals surface area contributed by atoms with Crippen molar-refractivity contribution in [3.63, 3.8) is 0 Å². The number of benzene rings is 1. The van der Waals surface area contributed by atoms with Gasteiger partial charge in [0, 0.05) is 31.8 Å². The van der Waals surface area contributed by atoms with Crippen molar-refractivity contribution in [2.24, 2.45) is 5.92 Å². The molecule has 0 radical (unpaired) electrons. The number of likely N-dealkylation sites (N-methyl/N-ethyl adjacent to an activating group) is 1. The number of rotatable bonds is 5. The van der Waals surface area contributed by atoms with Gasteiger partial charge in [0.15, 0.2) is 0 Å². The van der Waals surface area contributed by atoms with Gasteiger partial charge in [-0.3, -0.25) is 4.90 Å². The second kappa shape index (κ2) is 10.0. The van der Waals surface area contributed by atoms with Crippen molar-refractivity contribution >= 4 is 27.6 Å². The highest BCUT2D eigenvalue weighted by molar-refractivity contribution is 7.89. The predicted molar refractivity (Wildman–Crippen MR) is 108 cm³/mol. The Hall–Kier alpha value is -1.40. The number of nitrogens with zero attached hydrogens (tertiary/aromatic N) is 2. The lowest BCUT2D eigenvalue weighted by molar-refractivity contribution is -0.192. The molecular weight excluding hydrogens is 461 g/mol. The normalized spacial score (nSPS) is 21.8. The molecule has 1 aromatic carbocycles. The Balaban J connectivity index is 0.000000423. The maximum atomic E-state index is 12.8. The maximum absolute atomic E-state index is 12.8. The van der Waals surface area contributed by atoms with Crippen molar-refractivity contribution in [3.05, 3.63) is 29.3 Å². The molecule has 2 heterocycles. The average Bonchev–Trinajstić information content (AvgIpc) is 2.65. The zero-order valence-corrected chi connectivity index (χ0v) is 18.8. The van der Waals surface area contributed by atoms with Gasteiger partial charge in [0.2, 0.25) is 10.0 Å². The lowest BCUT2D eigenvalue weighted by atomic mass is 9.77. The molecule has 0 bridgehead atoms. The monoisotopic (exact) mass is 486 g/mol. The highest BCUT2D eigenvalue weighted by atomic mass is 35.5. The highest BCUT2D eigenvalue weighted by Crippen LogP contribution is 2.41. The lowest BCUT2D eigenvalue weighted by Gasteiger charge is -2.57. The number of hydrogen-bond acceptors (Lipinski definition) is 5. The van der Waals surface area contributed by atoms with Crippen LogP contribution in [0.15, 0.2) is 29.2 Å². The van der Waals surface area contributed by atoms with Crippen molar-refractivity contribution in [2.45, 2.75) is 36.4 Å². The Morgan fingerprint density at radius 3 is 2.42 bits per heavy atom. The second-order valence-electron chi connectivity index (χ2n) is 7.67. The van der Waals surface area contributed by atoms with Gasteiger partial charge < -0.3 is 9.84 Å². The Morgan fingerprint density at radius 1 is 1.32 bits per heavy atom. The topological polar surface area (TPSA) is 87.2 Å². The maximum Gasteiger partial charge on any atom is 0.490 e. The number of alkyl halides is 3. The van der Waals surface area contributed by atoms with Crippen LogP contribution in [0.3, 0.4) is 0 Å². The number of halogens is 4. The van der Waals surface area contributed by atoms with Crippen LogP contribution in [0.2, 0.25) is 5.02 Å². The Kier molecular flexibility index (Phi) is 8.37. The number of piperidine rings is 1. The molecule has 12 heteroatoms. The summed E-state index contributed by atoms with van der Waals surface area (Å²) in [6.07, 6.45) is -2.99. The summed E-state index contributed by atoms with van der Waals surface area (Å²) >= 11 is 6.09. The number of likely N-dealkylation sites (tertiary alicyclic amines) is 1. The molecule has 3 rings (SSSR count). The number of hydrogen-bond donors (Lipinski definition) is 1. The molecule has 2 saturated heterocycles. The smallest absolute Gasteiger partial charge is 0.475 e. The molecule has 2 fully saturated rings. The van der Waals surface area contributed by atoms with E-state index in [0.717, 1.165) is 32.6 Å². The number of carbonyl (C=O) groups is 1. The van der Waals surface area contributed by atoms with Gasteiger partial charge >= 0.3 is 12.1 Å². The molecule has 7 nitrogen and oxygen atoms in total. The zero-order chi connectivity index (χ0) is 23.4. The van der Waals surface area contributed by atoms with Crippen LogP contribution < -0.4 is 0 Å². The van der Waals surface area contributed by atoms with Gasteiger partial charge in [-0.2, -0.15) is 17.5 Å². The number of ether oxygens (including phenoxy) is 1. The zero-order valence-electron chi connectivity index (χ0n) is 17.2. The van der Waals surface area contributed by atoms with Gasteiger partial charge in [0.05, 0.1) is 5.02 Å². The van der Waals surface area contributed by atoms with E-state index in [-0.39, 0.29) is 15.5 Å². The average molecular weight is 487 g/mol. The first-order valence-corrected chi connectivity index (χ1v) is 11.5. The Morgan fingerprint density at radius 2 is 1.90 bits per heavy atom. The van der Waals surface area contributed by atoms with E-state index in [1.165, 1.54) is 0 Å². The number of carboxylic acids is 1. The van der Waals surface area contributed by atoms with Gasteiger partial charge in [-0.25, -0.2) is 13.2 Å². The molecule has 1 spiro atoms. The molecule has 1 unspecified atom stereocenters. The summed E-state index contributed by atoms with van der Waals surface area (Å²) in [6, 6.07) is 6.64. The minimum atomic E-state index is -5.08. The van der Waals surface area contributed by atoms with Gasteiger partial charge in [-0.05, 0) is 51.4 Å². The van der Waals surface area contributed by atoms with Crippen LogP contribution in [0, 0.1) is 5.92 Å². The van der Waals surface area contributed by atoms with Gasteiger partial charge in [-0.1, -0.05) is 23.7 Å². The standard InChI is InChI=1S/C17H25ClN2O3S.C2HF3O2/c1-3-23-11-14-8-9-19(2)17(10-14)12-20(13-17)24(21,22)16-7-5-4-6-15(16)18;3-2(4,5)1(6)7/h4-7,14H,3,8-13H2,1-2H3;(H,6,7). The third-order valence-electron chi connectivity index (χ3n) is 5.55. The van der Waals surface area contributed by atoms with E-state index in [0.29, 0.717) is 19.0 Å². The summed E-state index contributed by atoms with van der Waals surface area (Å²) in [5, 5.41) is 7.41. The summed E-state index contributed by atoms with van der Waals surface area (Å²) in [6.45, 7) is 5.54. The van der Waals surface area contributed by atoms with Crippen molar-refractivity contribution in [2.75, 3.05) is 39.9 Å². The Bertz CT molecular complexity index is 874. The number of aliphatic carboxylic acids is 1. The van der Waals surface area contributed by atoms with Crippen LogP contribution in [-0.2, 0) is 19.6 Å². The fourth-order valence-electron chi connectivity index (χ4n) is 3.78.